The van der Waals surface area contributed by atoms with E-state index in [1.807, 2.05) is 31.2 Å². The molecule has 0 unspecified atom stereocenters. The molecule has 1 amide bonds. The third-order valence-electron chi connectivity index (χ3n) is 3.74. The van der Waals surface area contributed by atoms with Crippen molar-refractivity contribution in [3.8, 4) is 5.75 Å². The van der Waals surface area contributed by atoms with Crippen LogP contribution in [0, 0.1) is 0 Å². The average Bonchev–Trinajstić information content (AvgIpc) is 2.63. The molecule has 0 aliphatic carbocycles. The third-order valence-corrected chi connectivity index (χ3v) is 5.21. The second-order valence-electron chi connectivity index (χ2n) is 5.65. The first-order valence-electron chi connectivity index (χ1n) is 8.56. The van der Waals surface area contributed by atoms with Crippen LogP contribution in [0.4, 0.5) is 5.69 Å². The van der Waals surface area contributed by atoms with Crippen molar-refractivity contribution >= 4 is 21.6 Å². The van der Waals surface area contributed by atoms with Crippen molar-refractivity contribution in [3.05, 3.63) is 54.1 Å². The molecule has 2 N–H and O–H groups in total. The van der Waals surface area contributed by atoms with Crippen LogP contribution in [-0.2, 0) is 21.2 Å². The van der Waals surface area contributed by atoms with Crippen LogP contribution >= 0.6 is 0 Å². The van der Waals surface area contributed by atoms with Gasteiger partial charge in [-0.15, -0.1) is 0 Å². The summed E-state index contributed by atoms with van der Waals surface area (Å²) in [5, 5.41) is 2.75. The maximum Gasteiger partial charge on any atom is 0.240 e. The van der Waals surface area contributed by atoms with E-state index in [0.29, 0.717) is 18.0 Å². The third kappa shape index (κ3) is 5.86. The first-order valence-corrected chi connectivity index (χ1v) is 10.0. The Labute approximate surface area is 154 Å². The standard InChI is InChI=1S/C19H24N2O4S/c1-3-15-5-7-16(8-6-15)21-19(22)13-14-20-26(23,24)18-11-9-17(10-12-18)25-4-2/h5-12,20H,3-4,13-14H2,1-2H3,(H,21,22). The van der Waals surface area contributed by atoms with Crippen LogP contribution in [0.2, 0.25) is 0 Å². The molecule has 0 aliphatic heterocycles. The van der Waals surface area contributed by atoms with Gasteiger partial charge in [-0.25, -0.2) is 13.1 Å². The Kier molecular flexibility index (Phi) is 7.17. The maximum absolute atomic E-state index is 12.2. The number of sulfonamides is 1. The van der Waals surface area contributed by atoms with Gasteiger partial charge in [0.15, 0.2) is 0 Å². The van der Waals surface area contributed by atoms with E-state index in [9.17, 15) is 13.2 Å². The molecule has 2 aromatic rings. The predicted octanol–water partition coefficient (Wildman–Crippen LogP) is 2.95. The summed E-state index contributed by atoms with van der Waals surface area (Å²) in [5.41, 5.74) is 1.88. The molecule has 0 saturated heterocycles. The molecule has 0 spiro atoms. The number of anilines is 1. The molecular formula is C19H24N2O4S. The van der Waals surface area contributed by atoms with Crippen LogP contribution in [-0.4, -0.2) is 27.5 Å². The van der Waals surface area contributed by atoms with E-state index in [-0.39, 0.29) is 23.8 Å². The zero-order chi connectivity index (χ0) is 19.0. The van der Waals surface area contributed by atoms with E-state index in [4.69, 9.17) is 4.74 Å². The smallest absolute Gasteiger partial charge is 0.240 e. The van der Waals surface area contributed by atoms with Gasteiger partial charge in [-0.3, -0.25) is 4.79 Å². The number of nitrogens with one attached hydrogen (secondary N) is 2. The Bertz CT molecular complexity index is 816. The molecule has 0 aliphatic rings. The lowest BCUT2D eigenvalue weighted by Crippen LogP contribution is -2.27. The Hall–Kier alpha value is -2.38. The number of rotatable bonds is 9. The maximum atomic E-state index is 12.2. The van der Waals surface area contributed by atoms with Crippen molar-refractivity contribution in [2.24, 2.45) is 0 Å². The number of ether oxygens (including phenoxy) is 1. The van der Waals surface area contributed by atoms with Gasteiger partial charge in [0.05, 0.1) is 11.5 Å². The van der Waals surface area contributed by atoms with Gasteiger partial charge >= 0.3 is 0 Å². The van der Waals surface area contributed by atoms with Crippen LogP contribution < -0.4 is 14.8 Å². The zero-order valence-electron chi connectivity index (χ0n) is 15.0. The summed E-state index contributed by atoms with van der Waals surface area (Å²) < 4.78 is 32.2. The van der Waals surface area contributed by atoms with Crippen molar-refractivity contribution in [1.29, 1.82) is 0 Å². The summed E-state index contributed by atoms with van der Waals surface area (Å²) in [4.78, 5) is 12.1. The fourth-order valence-corrected chi connectivity index (χ4v) is 3.34. The van der Waals surface area contributed by atoms with Crippen molar-refractivity contribution in [3.63, 3.8) is 0 Å². The molecule has 7 heteroatoms. The van der Waals surface area contributed by atoms with Crippen LogP contribution in [0.5, 0.6) is 5.75 Å². The molecule has 6 nitrogen and oxygen atoms in total. The highest BCUT2D eigenvalue weighted by atomic mass is 32.2. The number of amides is 1. The fourth-order valence-electron chi connectivity index (χ4n) is 2.31. The van der Waals surface area contributed by atoms with E-state index in [1.54, 1.807) is 12.1 Å². The highest BCUT2D eigenvalue weighted by molar-refractivity contribution is 7.89. The molecule has 140 valence electrons. The first-order chi connectivity index (χ1) is 12.4. The van der Waals surface area contributed by atoms with Crippen molar-refractivity contribution in [2.75, 3.05) is 18.5 Å². The summed E-state index contributed by atoms with van der Waals surface area (Å²) in [7, 11) is -3.66. The summed E-state index contributed by atoms with van der Waals surface area (Å²) in [6.45, 7) is 4.45. The van der Waals surface area contributed by atoms with Gasteiger partial charge < -0.3 is 10.1 Å². The minimum atomic E-state index is -3.66. The first kappa shape index (κ1) is 19.9. The van der Waals surface area contributed by atoms with Gasteiger partial charge in [0.2, 0.25) is 15.9 Å². The minimum Gasteiger partial charge on any atom is -0.494 e. The Morgan fingerprint density at radius 2 is 1.65 bits per heavy atom. The monoisotopic (exact) mass is 376 g/mol. The second-order valence-corrected chi connectivity index (χ2v) is 7.42. The summed E-state index contributed by atoms with van der Waals surface area (Å²) in [5.74, 6) is 0.364. The molecule has 0 radical (unpaired) electrons. The molecule has 0 heterocycles. The summed E-state index contributed by atoms with van der Waals surface area (Å²) >= 11 is 0. The molecular weight excluding hydrogens is 352 g/mol. The van der Waals surface area contributed by atoms with E-state index in [1.165, 1.54) is 17.7 Å². The fraction of sp³-hybridized carbons (Fsp3) is 0.316. The zero-order valence-corrected chi connectivity index (χ0v) is 15.8. The van der Waals surface area contributed by atoms with E-state index in [2.05, 4.69) is 17.0 Å². The minimum absolute atomic E-state index is 0.0222. The quantitative estimate of drug-likeness (QED) is 0.705. The van der Waals surface area contributed by atoms with E-state index in [0.717, 1.165) is 6.42 Å². The molecule has 0 aromatic heterocycles. The number of carbonyl (C=O) groups is 1. The Morgan fingerprint density at radius 1 is 1.00 bits per heavy atom. The topological polar surface area (TPSA) is 84.5 Å². The van der Waals surface area contributed by atoms with Crippen LogP contribution in [0.3, 0.4) is 0 Å². The number of carbonyl (C=O) groups excluding carboxylic acids is 1. The predicted molar refractivity (Wildman–Crippen MR) is 102 cm³/mol. The highest BCUT2D eigenvalue weighted by Crippen LogP contribution is 2.16. The van der Waals surface area contributed by atoms with Crippen LogP contribution in [0.25, 0.3) is 0 Å². The lowest BCUT2D eigenvalue weighted by molar-refractivity contribution is -0.116. The van der Waals surface area contributed by atoms with Crippen molar-refractivity contribution in [1.82, 2.24) is 4.72 Å². The van der Waals surface area contributed by atoms with Gasteiger partial charge in [0, 0.05) is 18.7 Å². The lowest BCUT2D eigenvalue weighted by atomic mass is 10.1. The van der Waals surface area contributed by atoms with E-state index < -0.39 is 10.0 Å². The van der Waals surface area contributed by atoms with Crippen molar-refractivity contribution in [2.45, 2.75) is 31.6 Å². The van der Waals surface area contributed by atoms with Crippen LogP contribution in [0.1, 0.15) is 25.8 Å². The largest absolute Gasteiger partial charge is 0.494 e. The molecule has 2 aromatic carbocycles. The highest BCUT2D eigenvalue weighted by Gasteiger charge is 2.14. The van der Waals surface area contributed by atoms with Gasteiger partial charge in [0.25, 0.3) is 0 Å². The molecule has 0 fully saturated rings. The van der Waals surface area contributed by atoms with Gasteiger partial charge in [0.1, 0.15) is 5.75 Å². The SMILES string of the molecule is CCOc1ccc(S(=O)(=O)NCCC(=O)Nc2ccc(CC)cc2)cc1. The Morgan fingerprint density at radius 3 is 2.23 bits per heavy atom. The van der Waals surface area contributed by atoms with Gasteiger partial charge in [-0.1, -0.05) is 19.1 Å². The second kappa shape index (κ2) is 9.35. The van der Waals surface area contributed by atoms with Crippen LogP contribution in [0.15, 0.2) is 53.4 Å². The number of aryl methyl sites for hydroxylation is 1. The molecule has 0 atom stereocenters. The van der Waals surface area contributed by atoms with E-state index >= 15 is 0 Å². The molecule has 26 heavy (non-hydrogen) atoms. The molecule has 2 rings (SSSR count). The molecule has 0 bridgehead atoms. The van der Waals surface area contributed by atoms with Crippen molar-refractivity contribution < 1.29 is 17.9 Å². The number of hydrogen-bond donors (Lipinski definition) is 2. The number of hydrogen-bond acceptors (Lipinski definition) is 4. The normalized spacial score (nSPS) is 11.2. The summed E-state index contributed by atoms with van der Waals surface area (Å²) in [6, 6.07) is 13.7. The average molecular weight is 376 g/mol. The number of benzene rings is 2. The summed E-state index contributed by atoms with van der Waals surface area (Å²) in [6.07, 6.45) is 0.980. The molecule has 0 saturated carbocycles. The lowest BCUT2D eigenvalue weighted by Gasteiger charge is -2.09. The van der Waals surface area contributed by atoms with Gasteiger partial charge in [-0.05, 0) is 55.3 Å². The Balaban J connectivity index is 1.83. The van der Waals surface area contributed by atoms with Gasteiger partial charge in [-0.2, -0.15) is 0 Å².